The highest BCUT2D eigenvalue weighted by molar-refractivity contribution is 6.27. The van der Waals surface area contributed by atoms with Crippen LogP contribution in [0.5, 0.6) is 0 Å². The molecule has 2 unspecified atom stereocenters. The SMILES string of the molecule is CC1(C)[C@@H](C(=O)N[C@@H](Cc2ccc(NC(=O)C3C(Cl)CCCC3Cl)cc2)C(=O)O)CC[C@@]1(C)C(=O)N1CCC[C@H]1C(N)=O. The molecule has 1 aromatic rings. The van der Waals surface area contributed by atoms with Gasteiger partial charge in [-0.25, -0.2) is 4.79 Å². The molecule has 2 aliphatic carbocycles. The molecule has 1 heterocycles. The number of primary amides is 1. The van der Waals surface area contributed by atoms with E-state index in [1.165, 1.54) is 0 Å². The second kappa shape index (κ2) is 13.0. The molecule has 12 heteroatoms. The Hall–Kier alpha value is -2.85. The molecule has 10 nitrogen and oxygen atoms in total. The van der Waals surface area contributed by atoms with E-state index in [0.717, 1.165) is 19.3 Å². The highest BCUT2D eigenvalue weighted by atomic mass is 35.5. The quantitative estimate of drug-likeness (QED) is 0.303. The fourth-order valence-electron chi connectivity index (χ4n) is 7.04. The number of carbonyl (C=O) groups is 5. The van der Waals surface area contributed by atoms with Gasteiger partial charge >= 0.3 is 5.97 Å². The topological polar surface area (TPSA) is 159 Å². The molecule has 0 radical (unpaired) electrons. The smallest absolute Gasteiger partial charge is 0.326 e. The van der Waals surface area contributed by atoms with Gasteiger partial charge in [-0.1, -0.05) is 39.3 Å². The molecule has 3 aliphatic rings. The monoisotopic (exact) mass is 636 g/mol. The first-order valence-corrected chi connectivity index (χ1v) is 15.9. The number of carbonyl (C=O) groups excluding carboxylic acids is 4. The summed E-state index contributed by atoms with van der Waals surface area (Å²) in [6, 6.07) is 4.92. The number of hydrogen-bond acceptors (Lipinski definition) is 5. The largest absolute Gasteiger partial charge is 0.480 e. The summed E-state index contributed by atoms with van der Waals surface area (Å²) in [6.07, 6.45) is 4.42. The molecule has 0 bridgehead atoms. The van der Waals surface area contributed by atoms with Crippen molar-refractivity contribution in [3.05, 3.63) is 29.8 Å². The molecule has 4 rings (SSSR count). The summed E-state index contributed by atoms with van der Waals surface area (Å²) in [5.74, 6) is -3.68. The van der Waals surface area contributed by atoms with Crippen molar-refractivity contribution in [1.82, 2.24) is 10.2 Å². The van der Waals surface area contributed by atoms with Gasteiger partial charge < -0.3 is 26.4 Å². The Kier molecular flexibility index (Phi) is 10.0. The van der Waals surface area contributed by atoms with E-state index < -0.39 is 52.5 Å². The predicted octanol–water partition coefficient (Wildman–Crippen LogP) is 3.67. The van der Waals surface area contributed by atoms with Crippen molar-refractivity contribution in [3.8, 4) is 0 Å². The van der Waals surface area contributed by atoms with Gasteiger partial charge in [-0.15, -0.1) is 23.2 Å². The molecular formula is C31H42Cl2N4O6. The van der Waals surface area contributed by atoms with Crippen LogP contribution < -0.4 is 16.4 Å². The summed E-state index contributed by atoms with van der Waals surface area (Å²) in [7, 11) is 0. The zero-order valence-corrected chi connectivity index (χ0v) is 26.4. The standard InChI is InChI=1S/C31H42Cl2N4O6/c1-30(2)19(13-14-31(30,3)29(43)37-15-5-8-23(37)25(34)38)26(39)36-22(28(41)42)16-17-9-11-18(12-10-17)35-27(40)24-20(32)6-4-7-21(24)33/h9-12,19-24H,4-8,13-16H2,1-3H3,(H2,34,38)(H,35,40)(H,36,39)(H,41,42)/t19-,20?,21?,22+,23+,24?,31+/m1/s1. The Bertz CT molecular complexity index is 1250. The maximum atomic E-state index is 13.7. The Balaban J connectivity index is 1.39. The van der Waals surface area contributed by atoms with E-state index in [-0.39, 0.29) is 29.0 Å². The Labute approximate surface area is 262 Å². The molecule has 43 heavy (non-hydrogen) atoms. The van der Waals surface area contributed by atoms with Crippen LogP contribution in [0.3, 0.4) is 0 Å². The van der Waals surface area contributed by atoms with Crippen molar-refractivity contribution in [2.75, 3.05) is 11.9 Å². The number of anilines is 1. The Morgan fingerprint density at radius 1 is 0.977 bits per heavy atom. The van der Waals surface area contributed by atoms with Crippen LogP contribution in [-0.2, 0) is 30.4 Å². The molecule has 0 aromatic heterocycles. The summed E-state index contributed by atoms with van der Waals surface area (Å²) >= 11 is 12.7. The number of benzene rings is 1. The van der Waals surface area contributed by atoms with Crippen molar-refractivity contribution in [1.29, 1.82) is 0 Å². The maximum Gasteiger partial charge on any atom is 0.326 e. The van der Waals surface area contributed by atoms with Crippen LogP contribution in [0.2, 0.25) is 0 Å². The Morgan fingerprint density at radius 3 is 2.19 bits per heavy atom. The van der Waals surface area contributed by atoms with Gasteiger partial charge in [0, 0.05) is 35.3 Å². The van der Waals surface area contributed by atoms with Crippen molar-refractivity contribution in [3.63, 3.8) is 0 Å². The zero-order valence-electron chi connectivity index (χ0n) is 24.9. The second-order valence-electron chi connectivity index (χ2n) is 13.0. The van der Waals surface area contributed by atoms with Gasteiger partial charge in [0.2, 0.25) is 23.6 Å². The fraction of sp³-hybridized carbons (Fsp3) is 0.645. The van der Waals surface area contributed by atoms with Gasteiger partial charge in [0.1, 0.15) is 12.1 Å². The summed E-state index contributed by atoms with van der Waals surface area (Å²) in [4.78, 5) is 65.7. The zero-order chi connectivity index (χ0) is 31.7. The number of aliphatic carboxylic acids is 1. The number of carboxylic acid groups (broad SMARTS) is 1. The molecule has 1 aromatic carbocycles. The molecule has 1 saturated heterocycles. The van der Waals surface area contributed by atoms with Gasteiger partial charge in [0.05, 0.1) is 11.3 Å². The highest BCUT2D eigenvalue weighted by Crippen LogP contribution is 2.57. The average Bonchev–Trinajstić information content (AvgIpc) is 3.52. The maximum absolute atomic E-state index is 13.7. The summed E-state index contributed by atoms with van der Waals surface area (Å²) in [5.41, 5.74) is 5.02. The highest BCUT2D eigenvalue weighted by Gasteiger charge is 2.60. The minimum atomic E-state index is -1.19. The molecule has 2 saturated carbocycles. The number of nitrogens with two attached hydrogens (primary N) is 1. The lowest BCUT2D eigenvalue weighted by Crippen LogP contribution is -2.55. The molecule has 4 amide bonds. The van der Waals surface area contributed by atoms with Crippen LogP contribution in [0.1, 0.15) is 71.3 Å². The van der Waals surface area contributed by atoms with Crippen molar-refractivity contribution >= 4 is 58.5 Å². The number of likely N-dealkylation sites (tertiary alicyclic amines) is 1. The predicted molar refractivity (Wildman–Crippen MR) is 164 cm³/mol. The number of alkyl halides is 2. The van der Waals surface area contributed by atoms with E-state index in [0.29, 0.717) is 43.5 Å². The summed E-state index contributed by atoms with van der Waals surface area (Å²) in [5, 5.41) is 14.8. The van der Waals surface area contributed by atoms with Crippen molar-refractivity contribution in [2.24, 2.45) is 28.4 Å². The lowest BCUT2D eigenvalue weighted by molar-refractivity contribution is -0.152. The molecule has 5 N–H and O–H groups in total. The van der Waals surface area contributed by atoms with Crippen molar-refractivity contribution < 1.29 is 29.1 Å². The van der Waals surface area contributed by atoms with Crippen LogP contribution in [0, 0.1) is 22.7 Å². The van der Waals surface area contributed by atoms with E-state index in [2.05, 4.69) is 10.6 Å². The molecule has 6 atom stereocenters. The van der Waals surface area contributed by atoms with Crippen LogP contribution in [0.4, 0.5) is 5.69 Å². The number of amides is 4. The van der Waals surface area contributed by atoms with Gasteiger partial charge in [0.15, 0.2) is 0 Å². The van der Waals surface area contributed by atoms with E-state index in [1.54, 1.807) is 29.2 Å². The average molecular weight is 638 g/mol. The number of carboxylic acids is 1. The third kappa shape index (κ3) is 6.65. The summed E-state index contributed by atoms with van der Waals surface area (Å²) < 4.78 is 0. The van der Waals surface area contributed by atoms with E-state index in [9.17, 15) is 29.1 Å². The third-order valence-electron chi connectivity index (χ3n) is 10.2. The molecule has 1 aliphatic heterocycles. The number of rotatable bonds is 9. The number of hydrogen-bond donors (Lipinski definition) is 4. The van der Waals surface area contributed by atoms with Gasteiger partial charge in [-0.05, 0) is 61.6 Å². The third-order valence-corrected chi connectivity index (χ3v) is 11.2. The first kappa shape index (κ1) is 33.1. The van der Waals surface area contributed by atoms with Gasteiger partial charge in [-0.2, -0.15) is 0 Å². The van der Waals surface area contributed by atoms with E-state index >= 15 is 0 Å². The van der Waals surface area contributed by atoms with Gasteiger partial charge in [-0.3, -0.25) is 19.2 Å². The number of nitrogens with one attached hydrogen (secondary N) is 2. The normalized spacial score (nSPS) is 30.8. The van der Waals surface area contributed by atoms with E-state index in [1.807, 2.05) is 20.8 Å². The minimum absolute atomic E-state index is 0.0306. The van der Waals surface area contributed by atoms with Crippen LogP contribution in [0.25, 0.3) is 0 Å². The lowest BCUT2D eigenvalue weighted by Gasteiger charge is -2.43. The lowest BCUT2D eigenvalue weighted by atomic mass is 9.64. The first-order chi connectivity index (χ1) is 20.2. The molecule has 0 spiro atoms. The number of halogens is 2. The second-order valence-corrected chi connectivity index (χ2v) is 14.1. The van der Waals surface area contributed by atoms with Crippen LogP contribution >= 0.6 is 23.2 Å². The molecule has 236 valence electrons. The first-order valence-electron chi connectivity index (χ1n) is 15.0. The van der Waals surface area contributed by atoms with Crippen LogP contribution in [0.15, 0.2) is 24.3 Å². The fourth-order valence-corrected chi connectivity index (χ4v) is 8.01. The Morgan fingerprint density at radius 2 is 1.60 bits per heavy atom. The van der Waals surface area contributed by atoms with Crippen LogP contribution in [-0.4, -0.2) is 69.0 Å². The van der Waals surface area contributed by atoms with Gasteiger partial charge in [0.25, 0.3) is 0 Å². The number of nitrogens with zero attached hydrogens (tertiary/aromatic N) is 1. The molecule has 3 fully saturated rings. The van der Waals surface area contributed by atoms with E-state index in [4.69, 9.17) is 28.9 Å². The summed E-state index contributed by atoms with van der Waals surface area (Å²) in [6.45, 7) is 5.97. The van der Waals surface area contributed by atoms with Crippen molar-refractivity contribution in [2.45, 2.75) is 95.0 Å². The minimum Gasteiger partial charge on any atom is -0.480 e. The molecular weight excluding hydrogens is 595 g/mol.